The van der Waals surface area contributed by atoms with E-state index < -0.39 is 21.7 Å². The predicted molar refractivity (Wildman–Crippen MR) is 109 cm³/mol. The van der Waals surface area contributed by atoms with Crippen LogP contribution < -0.4 is 10.5 Å². The zero-order valence-corrected chi connectivity index (χ0v) is 16.9. The minimum Gasteiger partial charge on any atom is -0.393 e. The topological polar surface area (TPSA) is 121 Å². The molecule has 0 atom stereocenters. The van der Waals surface area contributed by atoms with Gasteiger partial charge in [0.1, 0.15) is 0 Å². The van der Waals surface area contributed by atoms with E-state index in [1.165, 1.54) is 0 Å². The molecule has 0 amide bonds. The second-order valence-electron chi connectivity index (χ2n) is 7.97. The number of fused-ring (bicyclic) bond motifs is 1. The molecule has 28 heavy (non-hydrogen) atoms. The van der Waals surface area contributed by atoms with Gasteiger partial charge >= 0.3 is 0 Å². The molecule has 2 aromatic carbocycles. The number of nitrogens with zero attached hydrogens (tertiary/aromatic N) is 1. The SMILES string of the molecule is Cc1cc(S(=O)(=O)N[C@]2(C)C[C@H](O)C2)ccc1-c1ccc2[nH]nc(N)c2c1C. The van der Waals surface area contributed by atoms with Crippen LogP contribution in [0.4, 0.5) is 5.82 Å². The van der Waals surface area contributed by atoms with Crippen LogP contribution in [0.2, 0.25) is 0 Å². The maximum absolute atomic E-state index is 12.8. The first-order valence-electron chi connectivity index (χ1n) is 9.16. The number of nitrogens with one attached hydrogen (secondary N) is 2. The molecule has 3 aromatic rings. The molecule has 0 saturated heterocycles. The van der Waals surface area contributed by atoms with Crippen LogP contribution in [0.15, 0.2) is 35.2 Å². The summed E-state index contributed by atoms with van der Waals surface area (Å²) in [6.07, 6.45) is 0.411. The van der Waals surface area contributed by atoms with Gasteiger partial charge in [0.15, 0.2) is 5.82 Å². The first kappa shape index (κ1) is 18.9. The van der Waals surface area contributed by atoms with Crippen molar-refractivity contribution >= 4 is 26.7 Å². The lowest BCUT2D eigenvalue weighted by Crippen LogP contribution is -2.57. The standard InChI is InChI=1S/C20H24N4O3S/c1-11-8-14(28(26,27)24-20(3)9-13(25)10-20)4-5-15(11)16-6-7-17-18(12(16)2)19(21)23-22-17/h4-8,13,24-25H,9-10H2,1-3H3,(H3,21,22,23)/t13-,20+. The van der Waals surface area contributed by atoms with Gasteiger partial charge in [-0.15, -0.1) is 0 Å². The smallest absolute Gasteiger partial charge is 0.241 e. The first-order valence-corrected chi connectivity index (χ1v) is 10.6. The van der Waals surface area contributed by atoms with Crippen molar-refractivity contribution in [2.45, 2.75) is 50.2 Å². The maximum Gasteiger partial charge on any atom is 0.241 e. The molecule has 148 valence electrons. The number of anilines is 1. The normalized spacial score (nSPS) is 22.4. The second-order valence-corrected chi connectivity index (χ2v) is 9.66. The highest BCUT2D eigenvalue weighted by Gasteiger charge is 2.42. The van der Waals surface area contributed by atoms with Crippen LogP contribution in [-0.4, -0.2) is 35.4 Å². The number of sulfonamides is 1. The summed E-state index contributed by atoms with van der Waals surface area (Å²) in [6.45, 7) is 5.69. The summed E-state index contributed by atoms with van der Waals surface area (Å²) in [5, 5.41) is 17.4. The molecule has 1 saturated carbocycles. The lowest BCUT2D eigenvalue weighted by atomic mass is 9.77. The lowest BCUT2D eigenvalue weighted by molar-refractivity contribution is 0.0238. The summed E-state index contributed by atoms with van der Waals surface area (Å²) in [5.74, 6) is 0.450. The van der Waals surface area contributed by atoms with Crippen molar-refractivity contribution in [3.8, 4) is 11.1 Å². The highest BCUT2D eigenvalue weighted by atomic mass is 32.2. The maximum atomic E-state index is 12.8. The van der Waals surface area contributed by atoms with Crippen molar-refractivity contribution in [2.75, 3.05) is 5.73 Å². The number of aryl methyl sites for hydroxylation is 2. The second kappa shape index (κ2) is 6.30. The Labute approximate surface area is 164 Å². The van der Waals surface area contributed by atoms with Crippen molar-refractivity contribution < 1.29 is 13.5 Å². The summed E-state index contributed by atoms with van der Waals surface area (Å²) in [6, 6.07) is 9.03. The molecule has 0 unspecified atom stereocenters. The summed E-state index contributed by atoms with van der Waals surface area (Å²) in [5.41, 5.74) is 10.0. The number of aromatic amines is 1. The third-order valence-electron chi connectivity index (χ3n) is 5.57. The van der Waals surface area contributed by atoms with Gasteiger partial charge < -0.3 is 10.8 Å². The molecule has 8 heteroatoms. The van der Waals surface area contributed by atoms with E-state index in [1.807, 2.05) is 39.0 Å². The van der Waals surface area contributed by atoms with Crippen molar-refractivity contribution in [3.05, 3.63) is 41.5 Å². The van der Waals surface area contributed by atoms with Crippen LogP contribution >= 0.6 is 0 Å². The Kier molecular flexibility index (Phi) is 4.26. The van der Waals surface area contributed by atoms with E-state index in [0.717, 1.165) is 33.2 Å². The van der Waals surface area contributed by atoms with Gasteiger partial charge in [-0.25, -0.2) is 13.1 Å². The molecule has 4 rings (SSSR count). The van der Waals surface area contributed by atoms with Crippen LogP contribution in [0, 0.1) is 13.8 Å². The Morgan fingerprint density at radius 1 is 1.21 bits per heavy atom. The van der Waals surface area contributed by atoms with E-state index in [2.05, 4.69) is 14.9 Å². The third kappa shape index (κ3) is 3.07. The number of hydrogen-bond donors (Lipinski definition) is 4. The van der Waals surface area contributed by atoms with E-state index in [-0.39, 0.29) is 4.90 Å². The molecule has 0 radical (unpaired) electrons. The Balaban J connectivity index is 1.71. The molecule has 5 N–H and O–H groups in total. The van der Waals surface area contributed by atoms with E-state index in [1.54, 1.807) is 12.1 Å². The molecule has 0 spiro atoms. The van der Waals surface area contributed by atoms with Crippen LogP contribution in [0.25, 0.3) is 22.0 Å². The van der Waals surface area contributed by atoms with E-state index in [9.17, 15) is 13.5 Å². The molecular weight excluding hydrogens is 376 g/mol. The van der Waals surface area contributed by atoms with Crippen LogP contribution in [0.5, 0.6) is 0 Å². The Hall–Kier alpha value is -2.42. The number of nitrogen functional groups attached to an aromatic ring is 1. The number of aliphatic hydroxyl groups excluding tert-OH is 1. The number of aliphatic hydroxyl groups is 1. The Bertz CT molecular complexity index is 1180. The van der Waals surface area contributed by atoms with Gasteiger partial charge in [0, 0.05) is 10.9 Å². The summed E-state index contributed by atoms with van der Waals surface area (Å²) in [4.78, 5) is 0.220. The summed E-state index contributed by atoms with van der Waals surface area (Å²) < 4.78 is 28.3. The zero-order valence-electron chi connectivity index (χ0n) is 16.1. The van der Waals surface area contributed by atoms with Crippen molar-refractivity contribution in [2.24, 2.45) is 0 Å². The zero-order chi connectivity index (χ0) is 20.3. The predicted octanol–water partition coefficient (Wildman–Crippen LogP) is 2.62. The van der Waals surface area contributed by atoms with Crippen LogP contribution in [-0.2, 0) is 10.0 Å². The number of aromatic nitrogens is 2. The fourth-order valence-electron chi connectivity index (χ4n) is 4.16. The fraction of sp³-hybridized carbons (Fsp3) is 0.350. The average Bonchev–Trinajstić information content (AvgIpc) is 2.96. The summed E-state index contributed by atoms with van der Waals surface area (Å²) >= 11 is 0. The quantitative estimate of drug-likeness (QED) is 0.536. The Morgan fingerprint density at radius 2 is 1.89 bits per heavy atom. The van der Waals surface area contributed by atoms with Gasteiger partial charge in [-0.05, 0) is 74.1 Å². The highest BCUT2D eigenvalue weighted by Crippen LogP contribution is 2.36. The number of hydrogen-bond acceptors (Lipinski definition) is 5. The summed E-state index contributed by atoms with van der Waals surface area (Å²) in [7, 11) is -3.66. The minimum absolute atomic E-state index is 0.220. The van der Waals surface area contributed by atoms with Crippen LogP contribution in [0.1, 0.15) is 30.9 Å². The molecule has 0 bridgehead atoms. The molecule has 0 aliphatic heterocycles. The van der Waals surface area contributed by atoms with E-state index >= 15 is 0 Å². The minimum atomic E-state index is -3.66. The molecule has 1 aliphatic rings. The van der Waals surface area contributed by atoms with Crippen molar-refractivity contribution in [3.63, 3.8) is 0 Å². The van der Waals surface area contributed by atoms with Crippen molar-refractivity contribution in [1.29, 1.82) is 0 Å². The van der Waals surface area contributed by atoms with Gasteiger partial charge in [-0.1, -0.05) is 12.1 Å². The van der Waals surface area contributed by atoms with Crippen LogP contribution in [0.3, 0.4) is 0 Å². The molecule has 1 aromatic heterocycles. The molecule has 1 fully saturated rings. The van der Waals surface area contributed by atoms with E-state index in [0.29, 0.717) is 18.7 Å². The molecular formula is C20H24N4O3S. The Morgan fingerprint density at radius 3 is 2.54 bits per heavy atom. The van der Waals surface area contributed by atoms with Gasteiger partial charge in [-0.2, -0.15) is 5.10 Å². The number of nitrogens with two attached hydrogens (primary N) is 1. The largest absolute Gasteiger partial charge is 0.393 e. The number of benzene rings is 2. The van der Waals surface area contributed by atoms with Gasteiger partial charge in [-0.3, -0.25) is 5.10 Å². The monoisotopic (exact) mass is 400 g/mol. The lowest BCUT2D eigenvalue weighted by Gasteiger charge is -2.42. The van der Waals surface area contributed by atoms with Gasteiger partial charge in [0.05, 0.1) is 16.5 Å². The fourth-order valence-corrected chi connectivity index (χ4v) is 5.67. The number of rotatable bonds is 4. The molecule has 1 aliphatic carbocycles. The molecule has 1 heterocycles. The van der Waals surface area contributed by atoms with Crippen molar-refractivity contribution in [1.82, 2.24) is 14.9 Å². The highest BCUT2D eigenvalue weighted by molar-refractivity contribution is 7.89. The average molecular weight is 401 g/mol. The van der Waals surface area contributed by atoms with Gasteiger partial charge in [0.2, 0.25) is 10.0 Å². The molecule has 7 nitrogen and oxygen atoms in total. The first-order chi connectivity index (χ1) is 13.1. The number of H-pyrrole nitrogens is 1. The third-order valence-corrected chi connectivity index (χ3v) is 7.21. The van der Waals surface area contributed by atoms with Gasteiger partial charge in [0.25, 0.3) is 0 Å². The van der Waals surface area contributed by atoms with E-state index in [4.69, 9.17) is 5.73 Å².